The zero-order chi connectivity index (χ0) is 29.4. The van der Waals surface area contributed by atoms with Crippen LogP contribution in [0.4, 0.5) is 0 Å². The van der Waals surface area contributed by atoms with Crippen LogP contribution in [0.2, 0.25) is 0 Å². The maximum atomic E-state index is 13.5. The standard InChI is InChI=1S/C32H34N2O7/c1-20-8-5-11-24-30(2,13-12-21-16-25(35)39-19-21)32(4,38)27(41-29(37)23-10-7-15-34-18-23)26(31(20,24)3)40-28(36)22-9-6-14-33-17-22/h6-10,12-18,24,26-27,38H,5,11,19H2,1-4H3/b13-12+. The number of aromatic nitrogens is 2. The van der Waals surface area contributed by atoms with Crippen LogP contribution in [-0.2, 0) is 19.0 Å². The van der Waals surface area contributed by atoms with Gasteiger partial charge in [-0.15, -0.1) is 0 Å². The van der Waals surface area contributed by atoms with Gasteiger partial charge < -0.3 is 19.3 Å². The molecule has 9 heteroatoms. The SMILES string of the molecule is CC1=CCCC2C1(C)C(OC(=O)c1cccnc1)C(OC(=O)c1cccnc1)C(C)(O)C2(C)/C=C/C1=CC(=O)OC1. The minimum absolute atomic E-state index is 0.138. The molecule has 6 atom stereocenters. The van der Waals surface area contributed by atoms with Gasteiger partial charge in [0.1, 0.15) is 12.2 Å². The molecule has 0 bridgehead atoms. The summed E-state index contributed by atoms with van der Waals surface area (Å²) in [4.78, 5) is 46.7. The Morgan fingerprint density at radius 3 is 2.17 bits per heavy atom. The minimum Gasteiger partial charge on any atom is -0.458 e. The summed E-state index contributed by atoms with van der Waals surface area (Å²) < 4.78 is 17.4. The lowest BCUT2D eigenvalue weighted by molar-refractivity contribution is -0.251. The highest BCUT2D eigenvalue weighted by Crippen LogP contribution is 2.63. The van der Waals surface area contributed by atoms with E-state index >= 15 is 0 Å². The molecule has 9 nitrogen and oxygen atoms in total. The van der Waals surface area contributed by atoms with Gasteiger partial charge in [-0.25, -0.2) is 14.4 Å². The monoisotopic (exact) mass is 558 g/mol. The second kappa shape index (κ2) is 10.7. The molecular formula is C32H34N2O7. The summed E-state index contributed by atoms with van der Waals surface area (Å²) in [5, 5.41) is 12.5. The summed E-state index contributed by atoms with van der Waals surface area (Å²) in [7, 11) is 0. The minimum atomic E-state index is -1.72. The molecular weight excluding hydrogens is 524 g/mol. The van der Waals surface area contributed by atoms with Gasteiger partial charge in [-0.1, -0.05) is 37.6 Å². The Kier molecular flexibility index (Phi) is 7.42. The fraction of sp³-hybridized carbons (Fsp3) is 0.406. The first-order valence-electron chi connectivity index (χ1n) is 13.7. The van der Waals surface area contributed by atoms with Crippen LogP contribution >= 0.6 is 0 Å². The average Bonchev–Trinajstić information content (AvgIpc) is 3.39. The molecule has 2 aromatic rings. The van der Waals surface area contributed by atoms with Crippen molar-refractivity contribution in [2.24, 2.45) is 16.7 Å². The number of aliphatic hydroxyl groups is 1. The first kappa shape index (κ1) is 28.4. The first-order valence-corrected chi connectivity index (χ1v) is 13.7. The van der Waals surface area contributed by atoms with E-state index < -0.39 is 46.5 Å². The first-order chi connectivity index (χ1) is 19.5. The molecule has 2 aliphatic carbocycles. The van der Waals surface area contributed by atoms with Gasteiger partial charge in [-0.3, -0.25) is 9.97 Å². The lowest BCUT2D eigenvalue weighted by atomic mass is 9.44. The topological polar surface area (TPSA) is 125 Å². The summed E-state index contributed by atoms with van der Waals surface area (Å²) in [6.45, 7) is 7.65. The third-order valence-corrected chi connectivity index (χ3v) is 9.30. The Hall–Kier alpha value is -4.11. The van der Waals surface area contributed by atoms with Crippen molar-refractivity contribution < 1.29 is 33.7 Å². The number of carbonyl (C=O) groups is 3. The summed E-state index contributed by atoms with van der Waals surface area (Å²) in [5.41, 5.74) is -1.44. The normalized spacial score (nSPS) is 32.9. The number of cyclic esters (lactones) is 1. The lowest BCUT2D eigenvalue weighted by Gasteiger charge is -2.64. The molecule has 0 aromatic carbocycles. The third kappa shape index (κ3) is 4.88. The van der Waals surface area contributed by atoms with Gasteiger partial charge in [-0.2, -0.15) is 0 Å². The number of esters is 3. The van der Waals surface area contributed by atoms with E-state index in [-0.39, 0.29) is 23.7 Å². The zero-order valence-corrected chi connectivity index (χ0v) is 23.6. The van der Waals surface area contributed by atoms with Crippen LogP contribution in [0.5, 0.6) is 0 Å². The van der Waals surface area contributed by atoms with Crippen LogP contribution < -0.4 is 0 Å². The Morgan fingerprint density at radius 1 is 1.02 bits per heavy atom. The van der Waals surface area contributed by atoms with Gasteiger partial charge in [0.25, 0.3) is 0 Å². The molecule has 2 aromatic heterocycles. The van der Waals surface area contributed by atoms with E-state index in [0.29, 0.717) is 12.0 Å². The molecule has 1 aliphatic heterocycles. The van der Waals surface area contributed by atoms with Crippen molar-refractivity contribution >= 4 is 17.9 Å². The number of hydrogen-bond donors (Lipinski definition) is 1. The number of allylic oxidation sites excluding steroid dienone is 1. The van der Waals surface area contributed by atoms with Crippen LogP contribution in [-0.4, -0.2) is 57.4 Å². The van der Waals surface area contributed by atoms with Crippen LogP contribution in [0.15, 0.2) is 84.5 Å². The second-order valence-corrected chi connectivity index (χ2v) is 11.5. The fourth-order valence-electron chi connectivity index (χ4n) is 6.62. The number of ether oxygens (including phenoxy) is 3. The van der Waals surface area contributed by atoms with Gasteiger partial charge in [0.2, 0.25) is 0 Å². The Bertz CT molecular complexity index is 1430. The van der Waals surface area contributed by atoms with Crippen LogP contribution in [0.1, 0.15) is 61.3 Å². The van der Waals surface area contributed by atoms with Crippen LogP contribution in [0.25, 0.3) is 0 Å². The molecule has 3 aliphatic rings. The molecule has 41 heavy (non-hydrogen) atoms. The molecule has 1 fully saturated rings. The summed E-state index contributed by atoms with van der Waals surface area (Å²) >= 11 is 0. The molecule has 0 saturated heterocycles. The summed E-state index contributed by atoms with van der Waals surface area (Å²) in [6.07, 6.45) is 12.2. The number of fused-ring (bicyclic) bond motifs is 1. The van der Waals surface area contributed by atoms with E-state index in [1.807, 2.05) is 26.8 Å². The predicted molar refractivity (Wildman–Crippen MR) is 148 cm³/mol. The molecule has 6 unspecified atom stereocenters. The van der Waals surface area contributed by atoms with E-state index in [9.17, 15) is 19.5 Å². The largest absolute Gasteiger partial charge is 0.458 e. The van der Waals surface area contributed by atoms with Gasteiger partial charge in [-0.05, 0) is 62.4 Å². The maximum Gasteiger partial charge on any atom is 0.340 e. The second-order valence-electron chi connectivity index (χ2n) is 11.5. The fourth-order valence-corrected chi connectivity index (χ4v) is 6.62. The van der Waals surface area contributed by atoms with Crippen molar-refractivity contribution in [2.45, 2.75) is 58.3 Å². The highest BCUT2D eigenvalue weighted by atomic mass is 16.6. The van der Waals surface area contributed by atoms with Crippen molar-refractivity contribution in [1.82, 2.24) is 9.97 Å². The highest BCUT2D eigenvalue weighted by molar-refractivity contribution is 5.90. The van der Waals surface area contributed by atoms with Crippen molar-refractivity contribution in [1.29, 1.82) is 0 Å². The number of rotatable bonds is 6. The van der Waals surface area contributed by atoms with Gasteiger partial charge in [0.05, 0.1) is 11.1 Å². The van der Waals surface area contributed by atoms with Crippen LogP contribution in [0.3, 0.4) is 0 Å². The Morgan fingerprint density at radius 2 is 1.63 bits per heavy atom. The number of pyridine rings is 2. The van der Waals surface area contributed by atoms with Crippen LogP contribution in [0, 0.1) is 16.7 Å². The Balaban J connectivity index is 1.64. The van der Waals surface area contributed by atoms with E-state index in [1.165, 1.54) is 18.5 Å². The molecule has 1 N–H and O–H groups in total. The zero-order valence-electron chi connectivity index (χ0n) is 23.6. The maximum absolute atomic E-state index is 13.5. The van der Waals surface area contributed by atoms with E-state index in [1.54, 1.807) is 49.7 Å². The number of carbonyl (C=O) groups excluding carboxylic acids is 3. The van der Waals surface area contributed by atoms with Crippen molar-refractivity contribution in [2.75, 3.05) is 6.61 Å². The molecule has 0 spiro atoms. The van der Waals surface area contributed by atoms with E-state index in [2.05, 4.69) is 16.0 Å². The number of nitrogens with zero attached hydrogens (tertiary/aromatic N) is 2. The van der Waals surface area contributed by atoms with Crippen molar-refractivity contribution in [3.63, 3.8) is 0 Å². The van der Waals surface area contributed by atoms with Gasteiger partial charge in [0.15, 0.2) is 12.2 Å². The smallest absolute Gasteiger partial charge is 0.340 e. The van der Waals surface area contributed by atoms with Gasteiger partial charge >= 0.3 is 17.9 Å². The Labute approximate surface area is 238 Å². The lowest BCUT2D eigenvalue weighted by Crippen LogP contribution is -2.72. The molecule has 0 radical (unpaired) electrons. The molecule has 0 amide bonds. The molecule has 1 saturated carbocycles. The molecule has 214 valence electrons. The van der Waals surface area contributed by atoms with Crippen molar-refractivity contribution in [3.8, 4) is 0 Å². The van der Waals surface area contributed by atoms with Gasteiger partial charge in [0, 0.05) is 41.7 Å². The summed E-state index contributed by atoms with van der Waals surface area (Å²) in [6, 6.07) is 6.43. The van der Waals surface area contributed by atoms with E-state index in [0.717, 1.165) is 12.0 Å². The quantitative estimate of drug-likeness (QED) is 0.312. The van der Waals surface area contributed by atoms with Crippen molar-refractivity contribution in [3.05, 3.63) is 95.6 Å². The number of hydrogen-bond acceptors (Lipinski definition) is 9. The molecule has 5 rings (SSSR count). The average molecular weight is 559 g/mol. The van der Waals surface area contributed by atoms with E-state index in [4.69, 9.17) is 14.2 Å². The highest BCUT2D eigenvalue weighted by Gasteiger charge is 2.69. The predicted octanol–water partition coefficient (Wildman–Crippen LogP) is 4.40. The third-order valence-electron chi connectivity index (χ3n) is 9.30. The summed E-state index contributed by atoms with van der Waals surface area (Å²) in [5.74, 6) is -1.98. The molecule has 3 heterocycles.